The molecule has 0 saturated heterocycles. The fraction of sp³-hybridized carbons (Fsp3) is 0.250. The molecule has 0 bridgehead atoms. The Hall–Kier alpha value is -1.17. The minimum atomic E-state index is -4.30. The van der Waals surface area contributed by atoms with Gasteiger partial charge in [0, 0.05) is 0 Å². The Morgan fingerprint density at radius 2 is 2.00 bits per heavy atom. The smallest absolute Gasteiger partial charge is 0.165 e. The van der Waals surface area contributed by atoms with Crippen LogP contribution in [0.4, 0.5) is 13.2 Å². The Morgan fingerprint density at radius 3 is 2.36 bits per heavy atom. The lowest BCUT2D eigenvalue weighted by Crippen LogP contribution is -2.03. The van der Waals surface area contributed by atoms with E-state index < -0.39 is 11.7 Å². The van der Waals surface area contributed by atoms with Crippen LogP contribution in [0.5, 0.6) is 0 Å². The molecule has 0 fully saturated rings. The molecule has 11 heavy (non-hydrogen) atoms. The van der Waals surface area contributed by atoms with Gasteiger partial charge in [-0.15, -0.1) is 0 Å². The topological polar surface area (TPSA) is 0 Å². The molecule has 0 radical (unpaired) electrons. The molecule has 0 spiro atoms. The zero-order valence-electron chi connectivity index (χ0n) is 5.79. The van der Waals surface area contributed by atoms with Crippen LogP contribution in [0.25, 0.3) is 0 Å². The molecule has 0 heterocycles. The molecule has 1 aromatic carbocycles. The van der Waals surface area contributed by atoms with E-state index in [1.807, 2.05) is 6.07 Å². The Bertz CT molecular complexity index is 250. The molecule has 0 atom stereocenters. The summed E-state index contributed by atoms with van der Waals surface area (Å²) in [6, 6.07) is 6.78. The summed E-state index contributed by atoms with van der Waals surface area (Å²) in [6.45, 7) is 1.58. The van der Waals surface area contributed by atoms with Crippen molar-refractivity contribution in [1.82, 2.24) is 0 Å². The van der Waals surface area contributed by atoms with E-state index >= 15 is 0 Å². The number of alkyl halides is 3. The fourth-order valence-corrected chi connectivity index (χ4v) is 0.686. The van der Waals surface area contributed by atoms with Crippen LogP contribution in [0.2, 0.25) is 0 Å². The molecular weight excluding hydrogens is 153 g/mol. The first-order valence-electron chi connectivity index (χ1n) is 2.97. The number of hydrogen-bond donors (Lipinski definition) is 0. The average molecular weight is 158 g/mol. The van der Waals surface area contributed by atoms with E-state index in [1.54, 1.807) is 6.92 Å². The third kappa shape index (κ3) is 1.87. The van der Waals surface area contributed by atoms with Crippen molar-refractivity contribution >= 4 is 0 Å². The first-order valence-corrected chi connectivity index (χ1v) is 2.97. The molecule has 0 saturated carbocycles. The van der Waals surface area contributed by atoms with Crippen molar-refractivity contribution in [3.8, 4) is 0 Å². The zero-order chi connectivity index (χ0) is 8.48. The molecule has 0 aliphatic heterocycles. The molecule has 0 unspecified atom stereocenters. The van der Waals surface area contributed by atoms with Gasteiger partial charge in [0.1, 0.15) is 5.56 Å². The van der Waals surface area contributed by atoms with Crippen molar-refractivity contribution < 1.29 is 13.2 Å². The predicted molar refractivity (Wildman–Crippen MR) is 33.9 cm³/mol. The second kappa shape index (κ2) is 2.46. The molecule has 1 rings (SSSR count). The van der Waals surface area contributed by atoms with Crippen LogP contribution in [0.1, 0.15) is 11.1 Å². The monoisotopic (exact) mass is 158 g/mol. The van der Waals surface area contributed by atoms with Gasteiger partial charge in [0.25, 0.3) is 0 Å². The van der Waals surface area contributed by atoms with Gasteiger partial charge in [-0.25, -0.2) is 0 Å². The van der Waals surface area contributed by atoms with Gasteiger partial charge < -0.3 is 0 Å². The van der Waals surface area contributed by atoms with Gasteiger partial charge in [-0.05, 0) is 24.6 Å². The zero-order valence-corrected chi connectivity index (χ0v) is 5.79. The highest BCUT2D eigenvalue weighted by Crippen LogP contribution is 2.27. The van der Waals surface area contributed by atoms with Gasteiger partial charge >= 0.3 is 6.18 Å². The van der Waals surface area contributed by atoms with E-state index in [1.165, 1.54) is 6.07 Å². The van der Waals surface area contributed by atoms with Crippen LogP contribution < -0.4 is 0 Å². The Balaban J connectivity index is 3.06. The van der Waals surface area contributed by atoms with Crippen molar-refractivity contribution in [1.29, 1.82) is 0 Å². The van der Waals surface area contributed by atoms with Gasteiger partial charge in [0.2, 0.25) is 0 Å². The third-order valence-corrected chi connectivity index (χ3v) is 1.18. The lowest BCUT2D eigenvalue weighted by molar-refractivity contribution is -0.137. The largest absolute Gasteiger partial charge is 0.424 e. The van der Waals surface area contributed by atoms with Gasteiger partial charge in [0.15, 0.2) is 0 Å². The molecule has 0 aromatic heterocycles. The predicted octanol–water partition coefficient (Wildman–Crippen LogP) is 2.61. The number of hydrogen-bond acceptors (Lipinski definition) is 0. The van der Waals surface area contributed by atoms with Crippen molar-refractivity contribution in [3.63, 3.8) is 0 Å². The van der Waals surface area contributed by atoms with E-state index in [-0.39, 0.29) is 0 Å². The minimum absolute atomic E-state index is 0.538. The quantitative estimate of drug-likeness (QED) is 0.544. The van der Waals surface area contributed by atoms with E-state index in [0.29, 0.717) is 5.56 Å². The highest BCUT2D eigenvalue weighted by molar-refractivity contribution is 5.18. The summed E-state index contributed by atoms with van der Waals surface area (Å²) in [5.41, 5.74) is -0.228. The van der Waals surface area contributed by atoms with Crippen LogP contribution >= 0.6 is 0 Å². The maximum atomic E-state index is 11.9. The normalized spacial score (nSPS) is 10.9. The maximum Gasteiger partial charge on any atom is 0.424 e. The molecule has 0 N–H and O–H groups in total. The van der Waals surface area contributed by atoms with Crippen LogP contribution in [-0.4, -0.2) is 0 Å². The lowest BCUT2D eigenvalue weighted by atomic mass is 10.2. The number of aryl methyl sites for hydroxylation is 1. The van der Waals surface area contributed by atoms with E-state index in [0.717, 1.165) is 6.07 Å². The summed E-state index contributed by atoms with van der Waals surface area (Å²) in [4.78, 5) is 0. The Labute approximate surface area is 62.7 Å². The van der Waals surface area contributed by atoms with Crippen LogP contribution in [-0.2, 0) is 6.18 Å². The highest BCUT2D eigenvalue weighted by atomic mass is 19.4. The molecule has 0 amide bonds. The summed E-state index contributed by atoms with van der Waals surface area (Å²) in [7, 11) is 0. The Kier molecular flexibility index (Phi) is 1.77. The molecular formula is C8H5F3. The van der Waals surface area contributed by atoms with Crippen LogP contribution in [0.15, 0.2) is 12.1 Å². The molecule has 0 aliphatic carbocycles. The summed E-state index contributed by atoms with van der Waals surface area (Å²) in [5.74, 6) is 0. The average Bonchev–Trinajstić information content (AvgIpc) is 1.86. The maximum absolute atomic E-state index is 11.9. The number of halogens is 3. The van der Waals surface area contributed by atoms with Gasteiger partial charge in [-0.3, -0.25) is 0 Å². The molecule has 3 heteroatoms. The van der Waals surface area contributed by atoms with Gasteiger partial charge in [-0.2, -0.15) is 13.2 Å². The number of rotatable bonds is 0. The van der Waals surface area contributed by atoms with Crippen molar-refractivity contribution in [2.24, 2.45) is 0 Å². The minimum Gasteiger partial charge on any atom is -0.165 e. The van der Waals surface area contributed by atoms with E-state index in [2.05, 4.69) is 6.07 Å². The molecule has 0 aliphatic rings. The van der Waals surface area contributed by atoms with Crippen molar-refractivity contribution in [3.05, 3.63) is 35.4 Å². The summed E-state index contributed by atoms with van der Waals surface area (Å²) >= 11 is 0. The second-order valence-electron chi connectivity index (χ2n) is 2.21. The van der Waals surface area contributed by atoms with Gasteiger partial charge in [0.05, 0.1) is 0 Å². The van der Waals surface area contributed by atoms with Crippen molar-refractivity contribution in [2.75, 3.05) is 0 Å². The second-order valence-corrected chi connectivity index (χ2v) is 2.21. The SMILES string of the molecule is Cc1cc#cc(C(F)(F)F)c1. The molecule has 0 nitrogen and oxygen atoms in total. The summed E-state index contributed by atoms with van der Waals surface area (Å²) in [5, 5.41) is 0. The molecule has 1 aromatic rings. The van der Waals surface area contributed by atoms with Gasteiger partial charge in [-0.1, -0.05) is 12.1 Å². The standard InChI is InChI=1S/C8H5F3/c1-6-3-2-4-7(5-6)8(9,10)11/h3,5H,1H3. The lowest BCUT2D eigenvalue weighted by Gasteiger charge is -2.02. The fourth-order valence-electron chi connectivity index (χ4n) is 0.686. The summed E-state index contributed by atoms with van der Waals surface area (Å²) < 4.78 is 35.7. The molecule has 58 valence electrons. The highest BCUT2D eigenvalue weighted by Gasteiger charge is 2.30. The first kappa shape index (κ1) is 7.93. The van der Waals surface area contributed by atoms with E-state index in [9.17, 15) is 13.2 Å². The Morgan fingerprint density at radius 1 is 1.36 bits per heavy atom. The van der Waals surface area contributed by atoms with Crippen LogP contribution in [0, 0.1) is 19.1 Å². The van der Waals surface area contributed by atoms with Crippen LogP contribution in [0.3, 0.4) is 0 Å². The third-order valence-electron chi connectivity index (χ3n) is 1.18. The van der Waals surface area contributed by atoms with E-state index in [4.69, 9.17) is 0 Å². The first-order chi connectivity index (χ1) is 5.00. The summed E-state index contributed by atoms with van der Waals surface area (Å²) in [6.07, 6.45) is -4.30. The van der Waals surface area contributed by atoms with Crippen molar-refractivity contribution in [2.45, 2.75) is 13.1 Å².